The molecular weight excluding hydrogens is 627 g/mol. The zero-order valence-electron chi connectivity index (χ0n) is 20.3. The SMILES string of the molecule is O=c1ncc(Br)c[nH]1.O=c1ncc(Br)cn1-c1ccc2ccccc2c1.OB(O)c1ccc2ccccc2c1. The number of rotatable bonds is 2. The van der Waals surface area contributed by atoms with Gasteiger partial charge in [0, 0.05) is 24.8 Å². The van der Waals surface area contributed by atoms with Gasteiger partial charge in [-0.2, -0.15) is 0 Å². The third kappa shape index (κ3) is 7.81. The van der Waals surface area contributed by atoms with Gasteiger partial charge in [0.2, 0.25) is 0 Å². The Kier molecular flexibility index (Phi) is 9.56. The van der Waals surface area contributed by atoms with E-state index in [0.29, 0.717) is 5.46 Å². The normalized spacial score (nSPS) is 10.3. The van der Waals surface area contributed by atoms with Crippen LogP contribution in [0.4, 0.5) is 0 Å². The van der Waals surface area contributed by atoms with Crippen molar-refractivity contribution in [3.63, 3.8) is 0 Å². The minimum absolute atomic E-state index is 0.284. The fourth-order valence-electron chi connectivity index (χ4n) is 3.60. The second-order valence-corrected chi connectivity index (χ2v) is 10.0. The largest absolute Gasteiger partial charge is 0.488 e. The van der Waals surface area contributed by atoms with Crippen molar-refractivity contribution in [1.82, 2.24) is 19.5 Å². The molecule has 0 bridgehead atoms. The molecule has 8 nitrogen and oxygen atoms in total. The Morgan fingerprint density at radius 1 is 0.718 bits per heavy atom. The first kappa shape index (κ1) is 28.1. The van der Waals surface area contributed by atoms with E-state index in [9.17, 15) is 9.59 Å². The van der Waals surface area contributed by atoms with E-state index in [2.05, 4.69) is 46.8 Å². The lowest BCUT2D eigenvalue weighted by Gasteiger charge is -2.06. The van der Waals surface area contributed by atoms with Crippen LogP contribution in [0, 0.1) is 0 Å². The number of benzene rings is 4. The summed E-state index contributed by atoms with van der Waals surface area (Å²) in [4.78, 5) is 31.6. The number of aromatic nitrogens is 4. The molecule has 0 atom stereocenters. The van der Waals surface area contributed by atoms with Crippen LogP contribution in [-0.4, -0.2) is 36.7 Å². The standard InChI is InChI=1S/C14H9BrN2O.C10H9BO2.C4H3BrN2O/c15-12-8-16-14(18)17(9-12)13-6-5-10-3-1-2-4-11(10)7-13;12-11(13)10-6-5-8-3-1-2-4-9(8)7-10;5-3-1-6-4(8)7-2-3/h1-9H;1-7,12-13H;1-2H,(H,6,7,8). The predicted octanol–water partition coefficient (Wildman–Crippen LogP) is 4.20. The molecule has 0 aliphatic carbocycles. The summed E-state index contributed by atoms with van der Waals surface area (Å²) in [5.74, 6) is 0. The van der Waals surface area contributed by atoms with Gasteiger partial charge in [-0.1, -0.05) is 72.8 Å². The summed E-state index contributed by atoms with van der Waals surface area (Å²) in [7, 11) is -1.38. The highest BCUT2D eigenvalue weighted by Gasteiger charge is 2.10. The Hall–Kier alpha value is -3.90. The molecule has 0 unspecified atom stereocenters. The maximum Gasteiger partial charge on any atom is 0.488 e. The Bertz CT molecular complexity index is 1820. The van der Waals surface area contributed by atoms with Crippen molar-refractivity contribution >= 4 is 66.0 Å². The average molecular weight is 648 g/mol. The second kappa shape index (κ2) is 13.3. The van der Waals surface area contributed by atoms with Gasteiger partial charge in [-0.15, -0.1) is 0 Å². The van der Waals surface area contributed by atoms with Gasteiger partial charge in [-0.05, 0) is 71.0 Å². The van der Waals surface area contributed by atoms with Gasteiger partial charge >= 0.3 is 18.5 Å². The minimum Gasteiger partial charge on any atom is -0.423 e. The van der Waals surface area contributed by atoms with Gasteiger partial charge < -0.3 is 15.0 Å². The van der Waals surface area contributed by atoms with Gasteiger partial charge in [0.15, 0.2) is 0 Å². The van der Waals surface area contributed by atoms with E-state index in [1.54, 1.807) is 18.3 Å². The molecule has 194 valence electrons. The van der Waals surface area contributed by atoms with Crippen LogP contribution in [0.5, 0.6) is 0 Å². The second-order valence-electron chi connectivity index (χ2n) is 8.17. The molecule has 0 amide bonds. The highest BCUT2D eigenvalue weighted by molar-refractivity contribution is 9.10. The number of H-pyrrole nitrogens is 1. The summed E-state index contributed by atoms with van der Waals surface area (Å²) in [6.07, 6.45) is 6.20. The number of hydrogen-bond donors (Lipinski definition) is 3. The van der Waals surface area contributed by atoms with E-state index in [1.807, 2.05) is 72.8 Å². The van der Waals surface area contributed by atoms with E-state index in [1.165, 1.54) is 23.2 Å². The topological polar surface area (TPSA) is 121 Å². The number of nitrogens with one attached hydrogen (secondary N) is 1. The molecule has 39 heavy (non-hydrogen) atoms. The molecule has 2 heterocycles. The summed E-state index contributed by atoms with van der Waals surface area (Å²) in [6.45, 7) is 0. The molecule has 3 N–H and O–H groups in total. The quantitative estimate of drug-likeness (QED) is 0.242. The Labute approximate surface area is 240 Å². The van der Waals surface area contributed by atoms with Crippen molar-refractivity contribution in [2.75, 3.05) is 0 Å². The number of nitrogens with zero attached hydrogens (tertiary/aromatic N) is 3. The molecule has 0 aliphatic heterocycles. The first-order valence-electron chi connectivity index (χ1n) is 11.6. The van der Waals surface area contributed by atoms with E-state index in [-0.39, 0.29) is 11.4 Å². The summed E-state index contributed by atoms with van der Waals surface area (Å²) >= 11 is 6.43. The molecule has 6 rings (SSSR count). The number of hydrogen-bond acceptors (Lipinski definition) is 6. The lowest BCUT2D eigenvalue weighted by atomic mass is 9.79. The van der Waals surface area contributed by atoms with Gasteiger partial charge in [-0.25, -0.2) is 19.6 Å². The van der Waals surface area contributed by atoms with Crippen LogP contribution in [0.3, 0.4) is 0 Å². The van der Waals surface area contributed by atoms with Crippen LogP contribution in [0.25, 0.3) is 27.2 Å². The molecule has 0 spiro atoms. The minimum atomic E-state index is -1.38. The fourth-order valence-corrected chi connectivity index (χ4v) is 4.12. The van der Waals surface area contributed by atoms with Crippen LogP contribution in [-0.2, 0) is 0 Å². The van der Waals surface area contributed by atoms with Gasteiger partial charge in [0.25, 0.3) is 0 Å². The molecule has 0 fully saturated rings. The molecule has 2 aromatic heterocycles. The average Bonchev–Trinajstić information content (AvgIpc) is 2.96. The summed E-state index contributed by atoms with van der Waals surface area (Å²) < 4.78 is 3.07. The maximum absolute atomic E-state index is 11.7. The Morgan fingerprint density at radius 2 is 1.31 bits per heavy atom. The number of halogens is 2. The third-order valence-electron chi connectivity index (χ3n) is 5.48. The highest BCUT2D eigenvalue weighted by Crippen LogP contribution is 2.18. The lowest BCUT2D eigenvalue weighted by molar-refractivity contribution is 0.426. The molecule has 0 saturated carbocycles. The van der Waals surface area contributed by atoms with Crippen molar-refractivity contribution in [2.45, 2.75) is 0 Å². The molecule has 4 aromatic carbocycles. The first-order valence-corrected chi connectivity index (χ1v) is 13.2. The summed E-state index contributed by atoms with van der Waals surface area (Å²) in [5.41, 5.74) is 0.730. The van der Waals surface area contributed by atoms with Crippen LogP contribution in [0.2, 0.25) is 0 Å². The zero-order valence-corrected chi connectivity index (χ0v) is 23.5. The van der Waals surface area contributed by atoms with Crippen molar-refractivity contribution in [3.05, 3.63) is 140 Å². The van der Waals surface area contributed by atoms with E-state index in [0.717, 1.165) is 36.2 Å². The van der Waals surface area contributed by atoms with Gasteiger partial charge in [0.1, 0.15) is 0 Å². The van der Waals surface area contributed by atoms with Crippen molar-refractivity contribution < 1.29 is 10.0 Å². The molecule has 0 radical (unpaired) electrons. The van der Waals surface area contributed by atoms with Gasteiger partial charge in [-0.3, -0.25) is 4.57 Å². The van der Waals surface area contributed by atoms with E-state index < -0.39 is 7.12 Å². The molecular formula is C28H21BBr2N4O4. The van der Waals surface area contributed by atoms with E-state index >= 15 is 0 Å². The predicted molar refractivity (Wildman–Crippen MR) is 161 cm³/mol. The molecule has 6 aromatic rings. The third-order valence-corrected chi connectivity index (χ3v) is 6.32. The summed E-state index contributed by atoms with van der Waals surface area (Å²) in [6, 6.07) is 27.1. The van der Waals surface area contributed by atoms with Crippen molar-refractivity contribution in [3.8, 4) is 5.69 Å². The van der Waals surface area contributed by atoms with Crippen LogP contribution in [0.1, 0.15) is 0 Å². The van der Waals surface area contributed by atoms with Crippen molar-refractivity contribution in [2.24, 2.45) is 0 Å². The lowest BCUT2D eigenvalue weighted by Crippen LogP contribution is -2.29. The van der Waals surface area contributed by atoms with Crippen LogP contribution < -0.4 is 16.8 Å². The van der Waals surface area contributed by atoms with Crippen molar-refractivity contribution in [1.29, 1.82) is 0 Å². The monoisotopic (exact) mass is 646 g/mol. The maximum atomic E-state index is 11.7. The van der Waals surface area contributed by atoms with E-state index in [4.69, 9.17) is 10.0 Å². The molecule has 0 aliphatic rings. The number of aromatic amines is 1. The number of fused-ring (bicyclic) bond motifs is 2. The Morgan fingerprint density at radius 3 is 1.90 bits per heavy atom. The molecule has 0 saturated heterocycles. The first-order chi connectivity index (χ1) is 18.8. The smallest absolute Gasteiger partial charge is 0.423 e. The highest BCUT2D eigenvalue weighted by atomic mass is 79.9. The fraction of sp³-hybridized carbons (Fsp3) is 0. The zero-order chi connectivity index (χ0) is 27.8. The van der Waals surface area contributed by atoms with Gasteiger partial charge in [0.05, 0.1) is 14.6 Å². The van der Waals surface area contributed by atoms with Crippen LogP contribution >= 0.6 is 31.9 Å². The molecule has 11 heteroatoms. The Balaban J connectivity index is 0.000000147. The summed E-state index contributed by atoms with van der Waals surface area (Å²) in [5, 5.41) is 22.3. The van der Waals surface area contributed by atoms with Crippen LogP contribution in [0.15, 0.2) is 128 Å².